The molecule has 1 unspecified atom stereocenters. The van der Waals surface area contributed by atoms with E-state index in [0.717, 1.165) is 5.56 Å². The molecule has 0 aliphatic carbocycles. The number of benzene rings is 2. The third-order valence-corrected chi connectivity index (χ3v) is 3.27. The largest absolute Gasteiger partial charge is 0.384 e. The number of aryl methyl sites for hydroxylation is 1. The van der Waals surface area contributed by atoms with E-state index in [1.54, 1.807) is 18.2 Å². The Kier molecular flexibility index (Phi) is 3.60. The normalized spacial score (nSPS) is 12.5. The topological polar surface area (TPSA) is 20.2 Å². The van der Waals surface area contributed by atoms with Crippen LogP contribution in [0, 0.1) is 12.7 Å². The minimum absolute atomic E-state index is 0.279. The zero-order valence-electron chi connectivity index (χ0n) is 9.32. The second-order valence-corrected chi connectivity index (χ2v) is 4.81. The first-order valence-corrected chi connectivity index (χ1v) is 6.07. The lowest BCUT2D eigenvalue weighted by molar-refractivity contribution is 0.214. The Balaban J connectivity index is 2.48. The van der Waals surface area contributed by atoms with Crippen molar-refractivity contribution in [2.75, 3.05) is 0 Å². The van der Waals surface area contributed by atoms with Gasteiger partial charge in [-0.05, 0) is 30.2 Å². The first-order valence-electron chi connectivity index (χ1n) is 5.28. The number of hydrogen-bond donors (Lipinski definition) is 1. The van der Waals surface area contributed by atoms with Crippen molar-refractivity contribution in [1.29, 1.82) is 0 Å². The van der Waals surface area contributed by atoms with E-state index in [-0.39, 0.29) is 5.56 Å². The van der Waals surface area contributed by atoms with E-state index in [2.05, 4.69) is 15.9 Å². The monoisotopic (exact) mass is 294 g/mol. The minimum Gasteiger partial charge on any atom is -0.384 e. The maximum Gasteiger partial charge on any atom is 0.130 e. The molecule has 1 N–H and O–H groups in total. The molecule has 88 valence electrons. The molecule has 17 heavy (non-hydrogen) atoms. The van der Waals surface area contributed by atoms with E-state index < -0.39 is 11.9 Å². The smallest absolute Gasteiger partial charge is 0.130 e. The lowest BCUT2D eigenvalue weighted by Crippen LogP contribution is -2.04. The molecule has 0 saturated heterocycles. The van der Waals surface area contributed by atoms with Gasteiger partial charge >= 0.3 is 0 Å². The second-order valence-electron chi connectivity index (χ2n) is 3.96. The Morgan fingerprint density at radius 2 is 1.82 bits per heavy atom. The van der Waals surface area contributed by atoms with E-state index in [9.17, 15) is 9.50 Å². The number of hydrogen-bond acceptors (Lipinski definition) is 1. The molecule has 0 bridgehead atoms. The average Bonchev–Trinajstić information content (AvgIpc) is 2.28. The van der Waals surface area contributed by atoms with Crippen LogP contribution in [0.15, 0.2) is 46.9 Å². The van der Waals surface area contributed by atoms with Crippen molar-refractivity contribution >= 4 is 15.9 Å². The summed E-state index contributed by atoms with van der Waals surface area (Å²) >= 11 is 3.30. The van der Waals surface area contributed by atoms with Crippen LogP contribution in [-0.4, -0.2) is 5.11 Å². The SMILES string of the molecule is Cc1cc(F)c(C(O)c2ccccc2)c(Br)c1. The van der Waals surface area contributed by atoms with Gasteiger partial charge in [0.1, 0.15) is 11.9 Å². The Morgan fingerprint density at radius 3 is 2.41 bits per heavy atom. The maximum absolute atomic E-state index is 13.9. The maximum atomic E-state index is 13.9. The predicted octanol–water partition coefficient (Wildman–Crippen LogP) is 3.98. The first-order chi connectivity index (χ1) is 8.09. The Labute approximate surface area is 108 Å². The van der Waals surface area contributed by atoms with Gasteiger partial charge < -0.3 is 5.11 Å². The van der Waals surface area contributed by atoms with Crippen molar-refractivity contribution in [2.24, 2.45) is 0 Å². The van der Waals surface area contributed by atoms with Gasteiger partial charge in [-0.25, -0.2) is 4.39 Å². The minimum atomic E-state index is -0.953. The summed E-state index contributed by atoms with van der Waals surface area (Å²) in [5.74, 6) is -0.395. The Hall–Kier alpha value is -1.19. The second kappa shape index (κ2) is 4.98. The lowest BCUT2D eigenvalue weighted by atomic mass is 10.00. The van der Waals surface area contributed by atoms with Crippen molar-refractivity contribution in [2.45, 2.75) is 13.0 Å². The summed E-state index contributed by atoms with van der Waals surface area (Å²) in [6.07, 6.45) is -0.953. The molecule has 0 fully saturated rings. The zero-order valence-corrected chi connectivity index (χ0v) is 10.9. The van der Waals surface area contributed by atoms with Gasteiger partial charge in [-0.15, -0.1) is 0 Å². The van der Waals surface area contributed by atoms with Crippen LogP contribution in [0.1, 0.15) is 22.8 Å². The van der Waals surface area contributed by atoms with Gasteiger partial charge in [0.25, 0.3) is 0 Å². The molecule has 0 saturated carbocycles. The van der Waals surface area contributed by atoms with Crippen LogP contribution in [0.3, 0.4) is 0 Å². The standard InChI is InChI=1S/C14H12BrFO/c1-9-7-11(15)13(12(16)8-9)14(17)10-5-3-2-4-6-10/h2-8,14,17H,1H3. The van der Waals surface area contributed by atoms with Crippen LogP contribution in [-0.2, 0) is 0 Å². The first kappa shape index (κ1) is 12.3. The fraction of sp³-hybridized carbons (Fsp3) is 0.143. The number of aliphatic hydroxyl groups excluding tert-OH is 1. The van der Waals surface area contributed by atoms with E-state index in [1.165, 1.54) is 6.07 Å². The van der Waals surface area contributed by atoms with E-state index in [4.69, 9.17) is 0 Å². The summed E-state index contributed by atoms with van der Waals surface area (Å²) in [7, 11) is 0. The third-order valence-electron chi connectivity index (χ3n) is 2.61. The molecule has 0 spiro atoms. The van der Waals surface area contributed by atoms with Crippen LogP contribution in [0.2, 0.25) is 0 Å². The van der Waals surface area contributed by atoms with Gasteiger partial charge in [-0.1, -0.05) is 46.3 Å². The summed E-state index contributed by atoms with van der Waals surface area (Å²) in [5, 5.41) is 10.2. The van der Waals surface area contributed by atoms with Crippen molar-refractivity contribution in [1.82, 2.24) is 0 Å². The average molecular weight is 295 g/mol. The van der Waals surface area contributed by atoms with Crippen molar-refractivity contribution < 1.29 is 9.50 Å². The zero-order chi connectivity index (χ0) is 12.4. The number of halogens is 2. The highest BCUT2D eigenvalue weighted by atomic mass is 79.9. The summed E-state index contributed by atoms with van der Waals surface area (Å²) in [6, 6.07) is 12.3. The summed E-state index contributed by atoms with van der Waals surface area (Å²) in [5.41, 5.74) is 1.77. The Bertz CT molecular complexity index is 502. The van der Waals surface area contributed by atoms with Gasteiger partial charge in [0, 0.05) is 10.0 Å². The third kappa shape index (κ3) is 2.56. The van der Waals surface area contributed by atoms with Crippen LogP contribution in [0.5, 0.6) is 0 Å². The van der Waals surface area contributed by atoms with Crippen LogP contribution in [0.4, 0.5) is 4.39 Å². The van der Waals surface area contributed by atoms with Crippen molar-refractivity contribution in [3.05, 3.63) is 69.4 Å². The highest BCUT2D eigenvalue weighted by Crippen LogP contribution is 2.31. The van der Waals surface area contributed by atoms with Gasteiger partial charge in [0.15, 0.2) is 0 Å². The van der Waals surface area contributed by atoms with Gasteiger partial charge in [-0.3, -0.25) is 0 Å². The molecule has 0 radical (unpaired) electrons. The molecule has 1 nitrogen and oxygen atoms in total. The molecule has 0 amide bonds. The molecule has 0 heterocycles. The summed E-state index contributed by atoms with van der Waals surface area (Å²) in [4.78, 5) is 0. The fourth-order valence-electron chi connectivity index (χ4n) is 1.77. The number of rotatable bonds is 2. The highest BCUT2D eigenvalue weighted by molar-refractivity contribution is 9.10. The molecular formula is C14H12BrFO. The van der Waals surface area contributed by atoms with E-state index >= 15 is 0 Å². The van der Waals surface area contributed by atoms with E-state index in [0.29, 0.717) is 10.0 Å². The van der Waals surface area contributed by atoms with E-state index in [1.807, 2.05) is 25.1 Å². The molecular weight excluding hydrogens is 283 g/mol. The molecule has 0 aromatic heterocycles. The molecule has 0 aliphatic rings. The highest BCUT2D eigenvalue weighted by Gasteiger charge is 2.18. The van der Waals surface area contributed by atoms with Crippen LogP contribution in [0.25, 0.3) is 0 Å². The van der Waals surface area contributed by atoms with Crippen molar-refractivity contribution in [3.63, 3.8) is 0 Å². The molecule has 2 aromatic rings. The fourth-order valence-corrected chi connectivity index (χ4v) is 2.54. The van der Waals surface area contributed by atoms with Crippen LogP contribution >= 0.6 is 15.9 Å². The molecule has 2 rings (SSSR count). The summed E-state index contributed by atoms with van der Waals surface area (Å²) in [6.45, 7) is 1.81. The van der Waals surface area contributed by atoms with Gasteiger partial charge in [-0.2, -0.15) is 0 Å². The Morgan fingerprint density at radius 1 is 1.18 bits per heavy atom. The number of aliphatic hydroxyl groups is 1. The van der Waals surface area contributed by atoms with Gasteiger partial charge in [0.2, 0.25) is 0 Å². The predicted molar refractivity (Wildman–Crippen MR) is 69.3 cm³/mol. The van der Waals surface area contributed by atoms with Crippen LogP contribution < -0.4 is 0 Å². The molecule has 3 heteroatoms. The molecule has 2 aromatic carbocycles. The summed E-state index contributed by atoms with van der Waals surface area (Å²) < 4.78 is 14.4. The van der Waals surface area contributed by atoms with Crippen molar-refractivity contribution in [3.8, 4) is 0 Å². The quantitative estimate of drug-likeness (QED) is 0.888. The molecule has 1 atom stereocenters. The van der Waals surface area contributed by atoms with Gasteiger partial charge in [0.05, 0.1) is 0 Å². The lowest BCUT2D eigenvalue weighted by Gasteiger charge is -2.14. The molecule has 0 aliphatic heterocycles.